The average Bonchev–Trinajstić information content (AvgIpc) is 2.87. The van der Waals surface area contributed by atoms with Crippen molar-refractivity contribution in [1.29, 1.82) is 0 Å². The van der Waals surface area contributed by atoms with Gasteiger partial charge in [0.05, 0.1) is 15.5 Å². The number of rotatable bonds is 9. The lowest BCUT2D eigenvalue weighted by molar-refractivity contribution is -0.114. The maximum absolute atomic E-state index is 13.5. The highest BCUT2D eigenvalue weighted by Gasteiger charge is 2.27. The largest absolute Gasteiger partial charge is 0.325 e. The molecule has 2 N–H and O–H groups in total. The summed E-state index contributed by atoms with van der Waals surface area (Å²) in [5.41, 5.74) is 2.98. The molecular weight excluding hydrogens is 538 g/mol. The monoisotopic (exact) mass is 565 g/mol. The third-order valence-corrected chi connectivity index (χ3v) is 8.79. The number of carbonyl (C=O) groups is 1. The van der Waals surface area contributed by atoms with Gasteiger partial charge in [0, 0.05) is 17.6 Å². The molecule has 1 amide bonds. The van der Waals surface area contributed by atoms with Crippen molar-refractivity contribution in [3.63, 3.8) is 0 Å². The van der Waals surface area contributed by atoms with E-state index in [1.54, 1.807) is 43.3 Å². The molecule has 10 nitrogen and oxygen atoms in total. The highest BCUT2D eigenvalue weighted by atomic mass is 32.2. The van der Waals surface area contributed by atoms with Gasteiger partial charge in [0.2, 0.25) is 11.9 Å². The van der Waals surface area contributed by atoms with Crippen molar-refractivity contribution in [2.45, 2.75) is 30.6 Å². The molecule has 0 spiro atoms. The van der Waals surface area contributed by atoms with Crippen LogP contribution in [0, 0.1) is 20.8 Å². The lowest BCUT2D eigenvalue weighted by Gasteiger charge is -2.24. The number of nitrogens with one attached hydrogen (secondary N) is 2. The third-order valence-electron chi connectivity index (χ3n) is 5.65. The maximum atomic E-state index is 13.5. The average molecular weight is 566 g/mol. The molecule has 0 aliphatic rings. The van der Waals surface area contributed by atoms with Crippen LogP contribution in [-0.2, 0) is 24.8 Å². The summed E-state index contributed by atoms with van der Waals surface area (Å²) < 4.78 is 55.8. The summed E-state index contributed by atoms with van der Waals surface area (Å²) >= 11 is 0. The minimum absolute atomic E-state index is 0.0570. The first kappa shape index (κ1) is 27.7. The van der Waals surface area contributed by atoms with E-state index in [1.807, 2.05) is 19.9 Å². The molecule has 4 rings (SSSR count). The zero-order valence-electron chi connectivity index (χ0n) is 21.5. The lowest BCUT2D eigenvalue weighted by atomic mass is 10.2. The number of amides is 1. The van der Waals surface area contributed by atoms with E-state index in [1.165, 1.54) is 42.6 Å². The first-order chi connectivity index (χ1) is 18.4. The van der Waals surface area contributed by atoms with E-state index in [4.69, 9.17) is 0 Å². The molecule has 0 fully saturated rings. The molecule has 0 bridgehead atoms. The molecule has 0 unspecified atom stereocenters. The fraction of sp³-hybridized carbons (Fsp3) is 0.148. The number of sulfonamides is 2. The Balaban J connectivity index is 1.53. The fourth-order valence-corrected chi connectivity index (χ4v) is 6.02. The van der Waals surface area contributed by atoms with Gasteiger partial charge >= 0.3 is 0 Å². The summed E-state index contributed by atoms with van der Waals surface area (Å²) in [6, 6.07) is 20.3. The Morgan fingerprint density at radius 2 is 1.49 bits per heavy atom. The van der Waals surface area contributed by atoms with E-state index < -0.39 is 32.5 Å². The Hall–Kier alpha value is -4.29. The summed E-state index contributed by atoms with van der Waals surface area (Å²) in [5, 5.41) is 2.64. The maximum Gasteiger partial charge on any atom is 0.264 e. The van der Waals surface area contributed by atoms with Crippen LogP contribution >= 0.6 is 0 Å². The molecule has 0 saturated heterocycles. The Kier molecular flexibility index (Phi) is 7.98. The molecule has 4 aromatic rings. The van der Waals surface area contributed by atoms with Crippen LogP contribution in [-0.4, -0.2) is 39.3 Å². The Labute approximate surface area is 227 Å². The number of carbonyl (C=O) groups excluding carboxylic acids is 1. The summed E-state index contributed by atoms with van der Waals surface area (Å²) in [5.74, 6) is -0.660. The summed E-state index contributed by atoms with van der Waals surface area (Å²) in [6.07, 6.45) is 1.44. The van der Waals surface area contributed by atoms with Gasteiger partial charge in [-0.1, -0.05) is 29.8 Å². The van der Waals surface area contributed by atoms with Gasteiger partial charge in [-0.3, -0.25) is 9.10 Å². The topological polar surface area (TPSA) is 138 Å². The standard InChI is InChI=1S/C27H27N5O5S2/c1-19-7-11-25(12-8-19)39(36,37)32(23-6-4-5-20(2)17-23)18-26(33)30-22-9-13-24(14-10-22)38(34,35)31-27-28-16-15-21(3)29-27/h4-17H,18H2,1-3H3,(H,30,33)(H,28,29,31). The summed E-state index contributed by atoms with van der Waals surface area (Å²) in [6.45, 7) is 4.90. The van der Waals surface area contributed by atoms with Gasteiger partial charge in [-0.25, -0.2) is 31.5 Å². The zero-order chi connectivity index (χ0) is 28.2. The minimum Gasteiger partial charge on any atom is -0.325 e. The fourth-order valence-electron chi connectivity index (χ4n) is 3.66. The quantitative estimate of drug-likeness (QED) is 0.312. The van der Waals surface area contributed by atoms with Crippen molar-refractivity contribution in [1.82, 2.24) is 9.97 Å². The van der Waals surface area contributed by atoms with Crippen LogP contribution in [0.4, 0.5) is 17.3 Å². The van der Waals surface area contributed by atoms with E-state index >= 15 is 0 Å². The van der Waals surface area contributed by atoms with Gasteiger partial charge in [-0.2, -0.15) is 0 Å². The molecule has 0 atom stereocenters. The van der Waals surface area contributed by atoms with Crippen LogP contribution in [0.1, 0.15) is 16.8 Å². The normalized spacial score (nSPS) is 11.6. The van der Waals surface area contributed by atoms with Crippen molar-refractivity contribution in [3.8, 4) is 0 Å². The van der Waals surface area contributed by atoms with Gasteiger partial charge in [0.1, 0.15) is 6.54 Å². The SMILES string of the molecule is Cc1ccc(S(=O)(=O)N(CC(=O)Nc2ccc(S(=O)(=O)Nc3nccc(C)n3)cc2)c2cccc(C)c2)cc1. The Morgan fingerprint density at radius 3 is 2.13 bits per heavy atom. The van der Waals surface area contributed by atoms with E-state index in [0.717, 1.165) is 15.4 Å². The number of aromatic nitrogens is 2. The predicted octanol–water partition coefficient (Wildman–Crippen LogP) is 4.04. The molecule has 0 radical (unpaired) electrons. The van der Waals surface area contributed by atoms with Crippen LogP contribution in [0.5, 0.6) is 0 Å². The number of hydrogen-bond acceptors (Lipinski definition) is 7. The molecule has 0 saturated carbocycles. The summed E-state index contributed by atoms with van der Waals surface area (Å²) in [7, 11) is -8.02. The van der Waals surface area contributed by atoms with Crippen LogP contribution in [0.2, 0.25) is 0 Å². The number of aryl methyl sites for hydroxylation is 3. The molecule has 202 valence electrons. The molecule has 1 aromatic heterocycles. The molecule has 1 heterocycles. The van der Waals surface area contributed by atoms with Gasteiger partial charge in [-0.05, 0) is 80.9 Å². The van der Waals surface area contributed by atoms with E-state index in [-0.39, 0.29) is 15.7 Å². The highest BCUT2D eigenvalue weighted by Crippen LogP contribution is 2.25. The van der Waals surface area contributed by atoms with Crippen LogP contribution in [0.25, 0.3) is 0 Å². The van der Waals surface area contributed by atoms with Gasteiger partial charge in [0.25, 0.3) is 20.0 Å². The van der Waals surface area contributed by atoms with Gasteiger partial charge < -0.3 is 5.32 Å². The number of anilines is 3. The Bertz CT molecular complexity index is 1710. The van der Waals surface area contributed by atoms with E-state index in [2.05, 4.69) is 20.0 Å². The van der Waals surface area contributed by atoms with Crippen LogP contribution in [0.15, 0.2) is 94.9 Å². The smallest absolute Gasteiger partial charge is 0.264 e. The molecule has 3 aromatic carbocycles. The molecule has 0 aliphatic heterocycles. The van der Waals surface area contributed by atoms with Gasteiger partial charge in [-0.15, -0.1) is 0 Å². The third kappa shape index (κ3) is 6.78. The number of benzene rings is 3. The van der Waals surface area contributed by atoms with Crippen molar-refractivity contribution in [3.05, 3.63) is 102 Å². The first-order valence-electron chi connectivity index (χ1n) is 11.8. The van der Waals surface area contributed by atoms with Gasteiger partial charge in [0.15, 0.2) is 0 Å². The molecule has 39 heavy (non-hydrogen) atoms. The van der Waals surface area contributed by atoms with Crippen LogP contribution < -0.4 is 14.3 Å². The Morgan fingerprint density at radius 1 is 0.821 bits per heavy atom. The van der Waals surface area contributed by atoms with Crippen molar-refractivity contribution in [2.75, 3.05) is 20.9 Å². The minimum atomic E-state index is -4.06. The first-order valence-corrected chi connectivity index (χ1v) is 14.7. The second kappa shape index (κ2) is 11.2. The second-order valence-electron chi connectivity index (χ2n) is 8.86. The number of hydrogen-bond donors (Lipinski definition) is 2. The molecule has 0 aliphatic carbocycles. The van der Waals surface area contributed by atoms with E-state index in [9.17, 15) is 21.6 Å². The molecule has 12 heteroatoms. The second-order valence-corrected chi connectivity index (χ2v) is 12.4. The predicted molar refractivity (Wildman–Crippen MR) is 150 cm³/mol. The molecular formula is C27H27N5O5S2. The van der Waals surface area contributed by atoms with Crippen molar-refractivity contribution in [2.24, 2.45) is 0 Å². The zero-order valence-corrected chi connectivity index (χ0v) is 23.1. The summed E-state index contributed by atoms with van der Waals surface area (Å²) in [4.78, 5) is 20.9. The lowest BCUT2D eigenvalue weighted by Crippen LogP contribution is -2.38. The highest BCUT2D eigenvalue weighted by molar-refractivity contribution is 7.93. The van der Waals surface area contributed by atoms with E-state index in [0.29, 0.717) is 17.1 Å². The van der Waals surface area contributed by atoms with Crippen LogP contribution in [0.3, 0.4) is 0 Å². The van der Waals surface area contributed by atoms with Crippen molar-refractivity contribution < 1.29 is 21.6 Å². The number of nitrogens with zero attached hydrogens (tertiary/aromatic N) is 3. The van der Waals surface area contributed by atoms with Crippen molar-refractivity contribution >= 4 is 43.3 Å².